The summed E-state index contributed by atoms with van der Waals surface area (Å²) in [6.45, 7) is 4.36. The van der Waals surface area contributed by atoms with Crippen molar-refractivity contribution in [1.82, 2.24) is 19.8 Å². The van der Waals surface area contributed by atoms with Crippen LogP contribution in [0.2, 0.25) is 0 Å². The van der Waals surface area contributed by atoms with E-state index in [-0.39, 0.29) is 23.8 Å². The summed E-state index contributed by atoms with van der Waals surface area (Å²) in [7, 11) is 0. The van der Waals surface area contributed by atoms with Crippen LogP contribution in [0.4, 0.5) is 0 Å². The molecule has 2 aromatic rings. The molecule has 1 unspecified atom stereocenters. The fourth-order valence-electron chi connectivity index (χ4n) is 5.11. The van der Waals surface area contributed by atoms with E-state index in [0.717, 1.165) is 68.5 Å². The van der Waals surface area contributed by atoms with Crippen LogP contribution in [0.15, 0.2) is 24.3 Å². The fraction of sp³-hybridized carbons (Fsp3) is 0.640. The fourth-order valence-corrected chi connectivity index (χ4v) is 5.11. The number of rotatable bonds is 6. The summed E-state index contributed by atoms with van der Waals surface area (Å²) in [6, 6.07) is 7.86. The minimum absolute atomic E-state index is 0.124. The number of nitrogens with one attached hydrogen (secondary N) is 1. The molecule has 4 rings (SSSR count). The summed E-state index contributed by atoms with van der Waals surface area (Å²) in [5, 5.41) is 3.21. The van der Waals surface area contributed by atoms with Gasteiger partial charge in [-0.15, -0.1) is 0 Å². The number of nitrogens with zero attached hydrogens (tertiary/aromatic N) is 3. The van der Waals surface area contributed by atoms with Gasteiger partial charge in [0.2, 0.25) is 11.8 Å². The average molecular weight is 425 g/mol. The number of hydrogen-bond donors (Lipinski definition) is 1. The molecule has 1 atom stereocenters. The number of amides is 2. The molecular weight excluding hydrogens is 388 g/mol. The third-order valence-electron chi connectivity index (χ3n) is 6.91. The number of aryl methyl sites for hydroxylation is 1. The van der Waals surface area contributed by atoms with Crippen molar-refractivity contribution in [3.63, 3.8) is 0 Å². The number of likely N-dealkylation sites (tertiary alicyclic amines) is 1. The van der Waals surface area contributed by atoms with Gasteiger partial charge in [-0.2, -0.15) is 0 Å². The first-order valence-electron chi connectivity index (χ1n) is 12.2. The Bertz CT molecular complexity index is 892. The van der Waals surface area contributed by atoms with Gasteiger partial charge in [-0.1, -0.05) is 44.2 Å². The number of para-hydroxylation sites is 2. The summed E-state index contributed by atoms with van der Waals surface area (Å²) in [4.78, 5) is 32.5. The Morgan fingerprint density at radius 2 is 1.71 bits per heavy atom. The van der Waals surface area contributed by atoms with Gasteiger partial charge >= 0.3 is 0 Å². The Hall–Kier alpha value is -2.37. The Morgan fingerprint density at radius 1 is 1.03 bits per heavy atom. The molecule has 2 fully saturated rings. The smallest absolute Gasteiger partial charge is 0.224 e. The molecular formula is C25H36N4O2. The van der Waals surface area contributed by atoms with Crippen LogP contribution in [0.5, 0.6) is 0 Å². The van der Waals surface area contributed by atoms with Crippen LogP contribution in [0.25, 0.3) is 11.0 Å². The van der Waals surface area contributed by atoms with Crippen LogP contribution < -0.4 is 5.32 Å². The molecule has 2 heterocycles. The third-order valence-corrected chi connectivity index (χ3v) is 6.91. The molecule has 1 aliphatic carbocycles. The van der Waals surface area contributed by atoms with Crippen LogP contribution in [-0.2, 0) is 16.1 Å². The lowest BCUT2D eigenvalue weighted by atomic mass is 9.88. The molecule has 0 bridgehead atoms. The third kappa shape index (κ3) is 5.28. The molecule has 2 aliphatic rings. The molecule has 168 valence electrons. The lowest BCUT2D eigenvalue weighted by Crippen LogP contribution is -2.35. The van der Waals surface area contributed by atoms with Crippen molar-refractivity contribution >= 4 is 22.8 Å². The molecule has 2 amide bonds. The molecule has 1 aliphatic heterocycles. The second kappa shape index (κ2) is 10.3. The average Bonchev–Trinajstić information content (AvgIpc) is 2.96. The van der Waals surface area contributed by atoms with E-state index in [1.54, 1.807) is 0 Å². The van der Waals surface area contributed by atoms with E-state index in [4.69, 9.17) is 4.98 Å². The SMILES string of the molecule is CC(NC(=O)C1CCCCC1)c1nc2ccccc2n1CCC(=O)N1CCCCCC1. The molecule has 1 saturated heterocycles. The molecule has 1 aromatic carbocycles. The number of carbonyl (C=O) groups excluding carboxylic acids is 2. The van der Waals surface area contributed by atoms with E-state index >= 15 is 0 Å². The zero-order chi connectivity index (χ0) is 21.6. The zero-order valence-electron chi connectivity index (χ0n) is 18.8. The Balaban J connectivity index is 1.48. The summed E-state index contributed by atoms with van der Waals surface area (Å²) >= 11 is 0. The van der Waals surface area contributed by atoms with Crippen LogP contribution in [-0.4, -0.2) is 39.4 Å². The normalized spacial score (nSPS) is 19.2. The van der Waals surface area contributed by atoms with Gasteiger partial charge in [0.1, 0.15) is 5.82 Å². The Kier molecular flexibility index (Phi) is 7.25. The lowest BCUT2D eigenvalue weighted by Gasteiger charge is -2.24. The van der Waals surface area contributed by atoms with Crippen LogP contribution in [0.3, 0.4) is 0 Å². The van der Waals surface area contributed by atoms with Crippen LogP contribution >= 0.6 is 0 Å². The molecule has 6 nitrogen and oxygen atoms in total. The number of aromatic nitrogens is 2. The van der Waals surface area contributed by atoms with Crippen molar-refractivity contribution in [1.29, 1.82) is 0 Å². The van der Waals surface area contributed by atoms with Crippen molar-refractivity contribution in [2.24, 2.45) is 5.92 Å². The van der Waals surface area contributed by atoms with Crippen LogP contribution in [0.1, 0.15) is 83.0 Å². The number of imidazole rings is 1. The van der Waals surface area contributed by atoms with E-state index in [2.05, 4.69) is 16.0 Å². The largest absolute Gasteiger partial charge is 0.346 e. The summed E-state index contributed by atoms with van der Waals surface area (Å²) in [5.74, 6) is 1.34. The van der Waals surface area contributed by atoms with Gasteiger partial charge in [-0.05, 0) is 44.7 Å². The van der Waals surface area contributed by atoms with Crippen molar-refractivity contribution in [2.45, 2.75) is 83.7 Å². The van der Waals surface area contributed by atoms with Crippen molar-refractivity contribution in [3.05, 3.63) is 30.1 Å². The first-order chi connectivity index (χ1) is 15.1. The standard InChI is InChI=1S/C25H36N4O2/c1-19(26-25(31)20-11-5-4-6-12-20)24-27-21-13-7-8-14-22(21)29(24)18-15-23(30)28-16-9-2-3-10-17-28/h7-8,13-14,19-20H,2-6,9-12,15-18H2,1H3,(H,26,31). The number of hydrogen-bond acceptors (Lipinski definition) is 3. The molecule has 0 spiro atoms. The number of carbonyl (C=O) groups is 2. The second-order valence-corrected chi connectivity index (χ2v) is 9.22. The molecule has 31 heavy (non-hydrogen) atoms. The van der Waals surface area contributed by atoms with Crippen molar-refractivity contribution in [2.75, 3.05) is 13.1 Å². The van der Waals surface area contributed by atoms with Gasteiger partial charge in [0, 0.05) is 32.0 Å². The topological polar surface area (TPSA) is 67.2 Å². The van der Waals surface area contributed by atoms with Gasteiger partial charge in [0.05, 0.1) is 17.1 Å². The number of fused-ring (bicyclic) bond motifs is 1. The Morgan fingerprint density at radius 3 is 2.45 bits per heavy atom. The lowest BCUT2D eigenvalue weighted by molar-refractivity contribution is -0.131. The molecule has 1 N–H and O–H groups in total. The highest BCUT2D eigenvalue weighted by Crippen LogP contribution is 2.26. The molecule has 1 aromatic heterocycles. The van der Waals surface area contributed by atoms with Gasteiger partial charge in [0.15, 0.2) is 0 Å². The van der Waals surface area contributed by atoms with Gasteiger partial charge in [-0.25, -0.2) is 4.98 Å². The zero-order valence-corrected chi connectivity index (χ0v) is 18.8. The summed E-state index contributed by atoms with van der Waals surface area (Å²) in [5.41, 5.74) is 1.94. The minimum Gasteiger partial charge on any atom is -0.346 e. The predicted octanol–water partition coefficient (Wildman–Crippen LogP) is 4.59. The van der Waals surface area contributed by atoms with Crippen LogP contribution in [0, 0.1) is 5.92 Å². The summed E-state index contributed by atoms with van der Waals surface area (Å²) < 4.78 is 2.14. The molecule has 0 radical (unpaired) electrons. The molecule has 1 saturated carbocycles. The second-order valence-electron chi connectivity index (χ2n) is 9.22. The van der Waals surface area contributed by atoms with Crippen molar-refractivity contribution < 1.29 is 9.59 Å². The van der Waals surface area contributed by atoms with E-state index < -0.39 is 0 Å². The van der Waals surface area contributed by atoms with E-state index in [0.29, 0.717) is 13.0 Å². The summed E-state index contributed by atoms with van der Waals surface area (Å²) in [6.07, 6.45) is 10.6. The van der Waals surface area contributed by atoms with Gasteiger partial charge in [0.25, 0.3) is 0 Å². The van der Waals surface area contributed by atoms with E-state index in [9.17, 15) is 9.59 Å². The maximum absolute atomic E-state index is 12.9. The first-order valence-corrected chi connectivity index (χ1v) is 12.2. The van der Waals surface area contributed by atoms with Crippen molar-refractivity contribution in [3.8, 4) is 0 Å². The quantitative estimate of drug-likeness (QED) is 0.738. The number of benzene rings is 1. The monoisotopic (exact) mass is 424 g/mol. The highest BCUT2D eigenvalue weighted by Gasteiger charge is 2.25. The maximum Gasteiger partial charge on any atom is 0.224 e. The maximum atomic E-state index is 12.9. The van der Waals surface area contributed by atoms with E-state index in [1.807, 2.05) is 30.0 Å². The van der Waals surface area contributed by atoms with Gasteiger partial charge < -0.3 is 14.8 Å². The Labute approximate surface area is 185 Å². The highest BCUT2D eigenvalue weighted by atomic mass is 16.2. The minimum atomic E-state index is -0.185. The van der Waals surface area contributed by atoms with Gasteiger partial charge in [-0.3, -0.25) is 9.59 Å². The highest BCUT2D eigenvalue weighted by molar-refractivity contribution is 5.80. The predicted molar refractivity (Wildman–Crippen MR) is 123 cm³/mol. The molecule has 6 heteroatoms. The first kappa shape index (κ1) is 21.8. The van der Waals surface area contributed by atoms with E-state index in [1.165, 1.54) is 19.3 Å².